The number of aliphatic hydroxyl groups excluding tert-OH is 1. The third-order valence-electron chi connectivity index (χ3n) is 5.11. The van der Waals surface area contributed by atoms with Crippen LogP contribution in [0.5, 0.6) is 0 Å². The number of hydrogen-bond donors (Lipinski definition) is 2. The minimum atomic E-state index is 0.256. The molecule has 1 saturated heterocycles. The minimum Gasteiger partial charge on any atom is -0.395 e. The van der Waals surface area contributed by atoms with Crippen LogP contribution in [0, 0.1) is 0 Å². The monoisotopic (exact) mass is 338 g/mol. The summed E-state index contributed by atoms with van der Waals surface area (Å²) in [5.74, 6) is 0. The highest BCUT2D eigenvalue weighted by molar-refractivity contribution is 6.30. The first-order chi connectivity index (χ1) is 11.1. The smallest absolute Gasteiger partial charge is 0.0558 e. The van der Waals surface area contributed by atoms with E-state index in [1.54, 1.807) is 0 Å². The van der Waals surface area contributed by atoms with Crippen molar-refractivity contribution in [1.29, 1.82) is 0 Å². The lowest BCUT2D eigenvalue weighted by Crippen LogP contribution is -2.44. The molecule has 130 valence electrons. The average molecular weight is 339 g/mol. The van der Waals surface area contributed by atoms with Gasteiger partial charge in [0.05, 0.1) is 6.61 Å². The fourth-order valence-corrected chi connectivity index (χ4v) is 3.79. The maximum atomic E-state index is 9.00. The molecule has 4 heteroatoms. The number of rotatable bonds is 4. The van der Waals surface area contributed by atoms with Gasteiger partial charge in [-0.05, 0) is 49.7 Å². The van der Waals surface area contributed by atoms with Crippen LogP contribution in [0.4, 0.5) is 5.69 Å². The standard InChI is InChI=1S/C14H19ClN2O.C5H12/c15-11-1-2-13-12(9-11)14(10-16-13)3-5-17(6-4-14)7-8-18;1-3-5-4-2/h1-2,9,16,18H,3-8,10H2;3-5H2,1-2H3. The number of aliphatic hydroxyl groups is 1. The molecular formula is C19H31ClN2O. The van der Waals surface area contributed by atoms with Crippen LogP contribution in [-0.4, -0.2) is 42.8 Å². The molecule has 0 radical (unpaired) electrons. The van der Waals surface area contributed by atoms with Crippen molar-refractivity contribution < 1.29 is 5.11 Å². The first kappa shape index (κ1) is 18.6. The summed E-state index contributed by atoms with van der Waals surface area (Å²) in [4.78, 5) is 2.34. The maximum absolute atomic E-state index is 9.00. The van der Waals surface area contributed by atoms with E-state index in [-0.39, 0.29) is 12.0 Å². The molecule has 0 bridgehead atoms. The fraction of sp³-hybridized carbons (Fsp3) is 0.684. The fourth-order valence-electron chi connectivity index (χ4n) is 3.61. The summed E-state index contributed by atoms with van der Waals surface area (Å²) >= 11 is 6.13. The molecule has 1 aromatic carbocycles. The first-order valence-corrected chi connectivity index (χ1v) is 9.40. The molecule has 0 unspecified atom stereocenters. The van der Waals surface area contributed by atoms with E-state index in [1.165, 1.54) is 30.5 Å². The number of hydrogen-bond acceptors (Lipinski definition) is 3. The van der Waals surface area contributed by atoms with E-state index in [9.17, 15) is 0 Å². The SMILES string of the molecule is CCCCC.OCCN1CCC2(CC1)CNc1ccc(Cl)cc12. The molecule has 2 aliphatic rings. The molecule has 2 heterocycles. The van der Waals surface area contributed by atoms with Crippen LogP contribution in [0.15, 0.2) is 18.2 Å². The van der Waals surface area contributed by atoms with E-state index in [0.717, 1.165) is 44.0 Å². The third kappa shape index (κ3) is 4.62. The van der Waals surface area contributed by atoms with Gasteiger partial charge in [0.25, 0.3) is 0 Å². The number of piperidine rings is 1. The molecule has 1 fully saturated rings. The highest BCUT2D eigenvalue weighted by Gasteiger charge is 2.41. The van der Waals surface area contributed by atoms with Crippen molar-refractivity contribution in [2.24, 2.45) is 0 Å². The Balaban J connectivity index is 0.000000338. The summed E-state index contributed by atoms with van der Waals surface area (Å²) in [6.45, 7) is 8.63. The zero-order valence-corrected chi connectivity index (χ0v) is 15.3. The molecule has 2 N–H and O–H groups in total. The van der Waals surface area contributed by atoms with Crippen molar-refractivity contribution in [3.8, 4) is 0 Å². The number of fused-ring (bicyclic) bond motifs is 2. The predicted octanol–water partition coefficient (Wildman–Crippen LogP) is 4.29. The molecule has 3 nitrogen and oxygen atoms in total. The van der Waals surface area contributed by atoms with Crippen molar-refractivity contribution in [3.63, 3.8) is 0 Å². The Kier molecular flexibility index (Phi) is 7.19. The Morgan fingerprint density at radius 3 is 2.48 bits per heavy atom. The molecule has 0 aromatic heterocycles. The molecule has 0 saturated carbocycles. The largest absolute Gasteiger partial charge is 0.395 e. The molecule has 0 aliphatic carbocycles. The molecule has 1 aromatic rings. The molecule has 0 atom stereocenters. The van der Waals surface area contributed by atoms with Gasteiger partial charge < -0.3 is 15.3 Å². The lowest BCUT2D eigenvalue weighted by molar-refractivity contribution is 0.137. The van der Waals surface area contributed by atoms with Crippen LogP contribution < -0.4 is 5.32 Å². The zero-order chi connectivity index (χ0) is 16.7. The van der Waals surface area contributed by atoms with Gasteiger partial charge >= 0.3 is 0 Å². The van der Waals surface area contributed by atoms with E-state index in [2.05, 4.69) is 36.2 Å². The van der Waals surface area contributed by atoms with Crippen LogP contribution >= 0.6 is 11.6 Å². The average Bonchev–Trinajstić information content (AvgIpc) is 2.90. The molecular weight excluding hydrogens is 308 g/mol. The number of anilines is 1. The summed E-state index contributed by atoms with van der Waals surface area (Å²) in [5, 5.41) is 13.3. The van der Waals surface area contributed by atoms with Gasteiger partial charge in [0.15, 0.2) is 0 Å². The van der Waals surface area contributed by atoms with Crippen molar-refractivity contribution in [2.75, 3.05) is 38.1 Å². The normalized spacial score (nSPS) is 19.0. The zero-order valence-electron chi connectivity index (χ0n) is 14.6. The number of β-amino-alcohol motifs (C(OH)–C–C–N with tert-alkyl or cyclic N) is 1. The Labute approximate surface area is 146 Å². The highest BCUT2D eigenvalue weighted by atomic mass is 35.5. The Morgan fingerprint density at radius 2 is 1.91 bits per heavy atom. The van der Waals surface area contributed by atoms with Gasteiger partial charge in [0.1, 0.15) is 0 Å². The topological polar surface area (TPSA) is 35.5 Å². The maximum Gasteiger partial charge on any atom is 0.0558 e. The van der Waals surface area contributed by atoms with Crippen molar-refractivity contribution in [3.05, 3.63) is 28.8 Å². The molecule has 23 heavy (non-hydrogen) atoms. The molecule has 2 aliphatic heterocycles. The van der Waals surface area contributed by atoms with E-state index in [1.807, 2.05) is 6.07 Å². The third-order valence-corrected chi connectivity index (χ3v) is 5.34. The van der Waals surface area contributed by atoms with Crippen LogP contribution in [0.3, 0.4) is 0 Å². The number of nitrogens with one attached hydrogen (secondary N) is 1. The molecule has 0 amide bonds. The molecule has 1 spiro atoms. The van der Waals surface area contributed by atoms with E-state index < -0.39 is 0 Å². The summed E-state index contributed by atoms with van der Waals surface area (Å²) in [5.41, 5.74) is 2.89. The Bertz CT molecular complexity index is 482. The van der Waals surface area contributed by atoms with Crippen LogP contribution in [0.1, 0.15) is 51.5 Å². The van der Waals surface area contributed by atoms with E-state index in [4.69, 9.17) is 16.7 Å². The van der Waals surface area contributed by atoms with Gasteiger partial charge in [-0.25, -0.2) is 0 Å². The van der Waals surface area contributed by atoms with Gasteiger partial charge in [-0.1, -0.05) is 44.7 Å². The van der Waals surface area contributed by atoms with Crippen LogP contribution in [-0.2, 0) is 5.41 Å². The van der Waals surface area contributed by atoms with Gasteiger partial charge in [-0.15, -0.1) is 0 Å². The van der Waals surface area contributed by atoms with E-state index in [0.29, 0.717) is 0 Å². The highest BCUT2D eigenvalue weighted by Crippen LogP contribution is 2.44. The van der Waals surface area contributed by atoms with Gasteiger partial charge in [-0.2, -0.15) is 0 Å². The Morgan fingerprint density at radius 1 is 1.22 bits per heavy atom. The lowest BCUT2D eigenvalue weighted by atomic mass is 9.74. The van der Waals surface area contributed by atoms with E-state index >= 15 is 0 Å². The predicted molar refractivity (Wildman–Crippen MR) is 99.6 cm³/mol. The van der Waals surface area contributed by atoms with Gasteiger partial charge in [0, 0.05) is 29.2 Å². The summed E-state index contributed by atoms with van der Waals surface area (Å²) in [6, 6.07) is 6.17. The second-order valence-electron chi connectivity index (χ2n) is 6.74. The number of unbranched alkanes of at least 4 members (excludes halogenated alkanes) is 2. The second-order valence-corrected chi connectivity index (χ2v) is 7.18. The minimum absolute atomic E-state index is 0.256. The van der Waals surface area contributed by atoms with Gasteiger partial charge in [-0.3, -0.25) is 0 Å². The quantitative estimate of drug-likeness (QED) is 0.859. The van der Waals surface area contributed by atoms with Gasteiger partial charge in [0.2, 0.25) is 0 Å². The number of nitrogens with zero attached hydrogens (tertiary/aromatic N) is 1. The Hall–Kier alpha value is -0.770. The summed E-state index contributed by atoms with van der Waals surface area (Å²) in [7, 11) is 0. The summed E-state index contributed by atoms with van der Waals surface area (Å²) in [6.07, 6.45) is 6.37. The lowest BCUT2D eigenvalue weighted by Gasteiger charge is -2.39. The molecule has 3 rings (SSSR count). The number of halogens is 1. The number of benzene rings is 1. The van der Waals surface area contributed by atoms with Crippen molar-refractivity contribution in [1.82, 2.24) is 4.90 Å². The first-order valence-electron chi connectivity index (χ1n) is 9.02. The number of likely N-dealkylation sites (tertiary alicyclic amines) is 1. The van der Waals surface area contributed by atoms with Crippen LogP contribution in [0.25, 0.3) is 0 Å². The van der Waals surface area contributed by atoms with Crippen molar-refractivity contribution in [2.45, 2.75) is 51.4 Å². The van der Waals surface area contributed by atoms with Crippen molar-refractivity contribution >= 4 is 17.3 Å². The van der Waals surface area contributed by atoms with Crippen LogP contribution in [0.2, 0.25) is 5.02 Å². The second kappa shape index (κ2) is 8.91. The summed E-state index contributed by atoms with van der Waals surface area (Å²) < 4.78 is 0.